The van der Waals surface area contributed by atoms with E-state index in [0.717, 1.165) is 15.7 Å². The summed E-state index contributed by atoms with van der Waals surface area (Å²) in [5, 5.41) is 9.48. The molecule has 3 N–H and O–H groups in total. The van der Waals surface area contributed by atoms with E-state index in [1.165, 1.54) is 0 Å². The molecule has 0 unspecified atom stereocenters. The number of hydrogen-bond acceptors (Lipinski definition) is 4. The van der Waals surface area contributed by atoms with Crippen molar-refractivity contribution in [2.75, 3.05) is 5.73 Å². The average Bonchev–Trinajstić information content (AvgIpc) is 2.32. The molecule has 0 saturated heterocycles. The number of nitrogens with zero attached hydrogens (tertiary/aromatic N) is 2. The van der Waals surface area contributed by atoms with E-state index in [-0.39, 0.29) is 11.7 Å². The number of nitrogen functional groups attached to an aromatic ring is 1. The lowest BCUT2D eigenvalue weighted by molar-refractivity contribution is 0.475. The van der Waals surface area contributed by atoms with Gasteiger partial charge in [-0.1, -0.05) is 26.0 Å². The lowest BCUT2D eigenvalue weighted by Crippen LogP contribution is -2.04. The molecule has 0 atom stereocenters. The number of phenolic OH excluding ortho intramolecular Hbond substituents is 1. The fourth-order valence-electron chi connectivity index (χ4n) is 1.64. The van der Waals surface area contributed by atoms with Gasteiger partial charge in [-0.05, 0) is 34.0 Å². The van der Waals surface area contributed by atoms with E-state index >= 15 is 0 Å². The molecule has 0 aliphatic rings. The van der Waals surface area contributed by atoms with Gasteiger partial charge in [-0.15, -0.1) is 0 Å². The van der Waals surface area contributed by atoms with E-state index in [4.69, 9.17) is 5.73 Å². The molecule has 0 aliphatic carbocycles. The van der Waals surface area contributed by atoms with Crippen LogP contribution in [-0.2, 0) is 0 Å². The first kappa shape index (κ1) is 12.8. The van der Waals surface area contributed by atoms with Crippen LogP contribution in [0.25, 0.3) is 11.4 Å². The van der Waals surface area contributed by atoms with Crippen molar-refractivity contribution in [2.24, 2.45) is 0 Å². The second-order valence-corrected chi connectivity index (χ2v) is 5.13. The summed E-state index contributed by atoms with van der Waals surface area (Å²) in [5.41, 5.74) is 7.48. The summed E-state index contributed by atoms with van der Waals surface area (Å²) < 4.78 is 0.737. The second-order valence-electron chi connectivity index (χ2n) is 4.34. The molecule has 94 valence electrons. The standard InChI is InChI=1S/C13H14BrN3O/c1-7(2)11-10(14)12(15)17-13(16-11)8-4-3-5-9(18)6-8/h3-7,18H,1-2H3,(H2,15,16,17). The molecular formula is C13H14BrN3O. The first-order valence-corrected chi connectivity index (χ1v) is 6.40. The predicted molar refractivity (Wildman–Crippen MR) is 75.3 cm³/mol. The van der Waals surface area contributed by atoms with Gasteiger partial charge in [0.1, 0.15) is 11.6 Å². The molecule has 0 bridgehead atoms. The van der Waals surface area contributed by atoms with Crippen molar-refractivity contribution < 1.29 is 5.11 Å². The summed E-state index contributed by atoms with van der Waals surface area (Å²) in [4.78, 5) is 8.73. The highest BCUT2D eigenvalue weighted by molar-refractivity contribution is 9.10. The van der Waals surface area contributed by atoms with Gasteiger partial charge >= 0.3 is 0 Å². The number of anilines is 1. The van der Waals surface area contributed by atoms with Crippen LogP contribution in [0.3, 0.4) is 0 Å². The molecule has 18 heavy (non-hydrogen) atoms. The molecule has 0 spiro atoms. The minimum absolute atomic E-state index is 0.184. The Hall–Kier alpha value is -1.62. The maximum absolute atomic E-state index is 9.48. The average molecular weight is 308 g/mol. The topological polar surface area (TPSA) is 72.0 Å². The van der Waals surface area contributed by atoms with Crippen molar-refractivity contribution in [3.63, 3.8) is 0 Å². The quantitative estimate of drug-likeness (QED) is 0.892. The van der Waals surface area contributed by atoms with Gasteiger partial charge in [0.2, 0.25) is 0 Å². The minimum Gasteiger partial charge on any atom is -0.508 e. The lowest BCUT2D eigenvalue weighted by Gasteiger charge is -2.11. The normalized spacial score (nSPS) is 10.9. The van der Waals surface area contributed by atoms with Gasteiger partial charge in [-0.2, -0.15) is 0 Å². The van der Waals surface area contributed by atoms with Crippen LogP contribution in [0.15, 0.2) is 28.7 Å². The highest BCUT2D eigenvalue weighted by atomic mass is 79.9. The van der Waals surface area contributed by atoms with Crippen molar-refractivity contribution in [3.05, 3.63) is 34.4 Å². The van der Waals surface area contributed by atoms with Crippen molar-refractivity contribution in [1.82, 2.24) is 9.97 Å². The van der Waals surface area contributed by atoms with Gasteiger partial charge < -0.3 is 10.8 Å². The Bertz CT molecular complexity index is 584. The van der Waals surface area contributed by atoms with Gasteiger partial charge in [-0.25, -0.2) is 9.97 Å². The summed E-state index contributed by atoms with van der Waals surface area (Å²) >= 11 is 3.40. The highest BCUT2D eigenvalue weighted by Crippen LogP contribution is 2.30. The molecule has 0 amide bonds. The molecule has 4 nitrogen and oxygen atoms in total. The summed E-state index contributed by atoms with van der Waals surface area (Å²) in [6.07, 6.45) is 0. The van der Waals surface area contributed by atoms with E-state index < -0.39 is 0 Å². The maximum atomic E-state index is 9.48. The number of halogens is 1. The molecular weight excluding hydrogens is 294 g/mol. The van der Waals surface area contributed by atoms with Crippen molar-refractivity contribution >= 4 is 21.7 Å². The third kappa shape index (κ3) is 2.46. The van der Waals surface area contributed by atoms with Gasteiger partial charge in [0.15, 0.2) is 5.82 Å². The molecule has 1 aromatic carbocycles. The fraction of sp³-hybridized carbons (Fsp3) is 0.231. The van der Waals surface area contributed by atoms with Crippen LogP contribution in [0, 0.1) is 0 Å². The number of phenols is 1. The third-order valence-corrected chi connectivity index (χ3v) is 3.37. The van der Waals surface area contributed by atoms with Crippen molar-refractivity contribution in [3.8, 4) is 17.1 Å². The zero-order chi connectivity index (χ0) is 13.3. The van der Waals surface area contributed by atoms with E-state index in [0.29, 0.717) is 11.6 Å². The molecule has 0 radical (unpaired) electrons. The first-order valence-electron chi connectivity index (χ1n) is 5.61. The van der Waals surface area contributed by atoms with E-state index in [9.17, 15) is 5.11 Å². The summed E-state index contributed by atoms with van der Waals surface area (Å²) in [7, 11) is 0. The molecule has 1 aromatic heterocycles. The van der Waals surface area contributed by atoms with E-state index in [1.54, 1.807) is 18.2 Å². The summed E-state index contributed by atoms with van der Waals surface area (Å²) in [6, 6.07) is 6.82. The lowest BCUT2D eigenvalue weighted by atomic mass is 10.1. The van der Waals surface area contributed by atoms with Crippen LogP contribution in [0.2, 0.25) is 0 Å². The van der Waals surface area contributed by atoms with Crippen LogP contribution in [0.4, 0.5) is 5.82 Å². The van der Waals surface area contributed by atoms with Crippen LogP contribution in [-0.4, -0.2) is 15.1 Å². The Kier molecular flexibility index (Phi) is 3.52. The number of aromatic nitrogens is 2. The van der Waals surface area contributed by atoms with E-state index in [2.05, 4.69) is 25.9 Å². The molecule has 2 rings (SSSR count). The number of benzene rings is 1. The minimum atomic E-state index is 0.184. The zero-order valence-electron chi connectivity index (χ0n) is 10.2. The fourth-order valence-corrected chi connectivity index (χ4v) is 2.27. The Labute approximate surface area is 114 Å². The number of nitrogens with two attached hydrogens (primary N) is 1. The first-order chi connectivity index (χ1) is 8.49. The van der Waals surface area contributed by atoms with Gasteiger partial charge in [0.05, 0.1) is 10.2 Å². The second kappa shape index (κ2) is 4.94. The van der Waals surface area contributed by atoms with Gasteiger partial charge in [0, 0.05) is 5.56 Å². The van der Waals surface area contributed by atoms with E-state index in [1.807, 2.05) is 19.9 Å². The highest BCUT2D eigenvalue weighted by Gasteiger charge is 2.14. The van der Waals surface area contributed by atoms with Crippen molar-refractivity contribution in [2.45, 2.75) is 19.8 Å². The number of hydrogen-bond donors (Lipinski definition) is 2. The molecule has 0 saturated carbocycles. The Morgan fingerprint density at radius 1 is 1.28 bits per heavy atom. The number of rotatable bonds is 2. The molecule has 2 aromatic rings. The Morgan fingerprint density at radius 2 is 2.00 bits per heavy atom. The number of aromatic hydroxyl groups is 1. The van der Waals surface area contributed by atoms with Crippen LogP contribution < -0.4 is 5.73 Å². The monoisotopic (exact) mass is 307 g/mol. The van der Waals surface area contributed by atoms with Gasteiger partial charge in [0.25, 0.3) is 0 Å². The van der Waals surface area contributed by atoms with Crippen LogP contribution in [0.1, 0.15) is 25.5 Å². The van der Waals surface area contributed by atoms with Gasteiger partial charge in [-0.3, -0.25) is 0 Å². The third-order valence-electron chi connectivity index (χ3n) is 2.55. The SMILES string of the molecule is CC(C)c1nc(-c2cccc(O)c2)nc(N)c1Br. The van der Waals surface area contributed by atoms with Crippen LogP contribution >= 0.6 is 15.9 Å². The summed E-state index contributed by atoms with van der Waals surface area (Å²) in [5.74, 6) is 1.35. The molecule has 5 heteroatoms. The Balaban J connectivity index is 2.59. The molecule has 0 aliphatic heterocycles. The molecule has 1 heterocycles. The van der Waals surface area contributed by atoms with Crippen molar-refractivity contribution in [1.29, 1.82) is 0 Å². The Morgan fingerprint density at radius 3 is 2.61 bits per heavy atom. The predicted octanol–water partition coefficient (Wildman–Crippen LogP) is 3.32. The maximum Gasteiger partial charge on any atom is 0.161 e. The largest absolute Gasteiger partial charge is 0.508 e. The van der Waals surface area contributed by atoms with Crippen LogP contribution in [0.5, 0.6) is 5.75 Å². The summed E-state index contributed by atoms with van der Waals surface area (Å²) in [6.45, 7) is 4.08. The zero-order valence-corrected chi connectivity index (χ0v) is 11.8. The smallest absolute Gasteiger partial charge is 0.161 e. The molecule has 0 fully saturated rings.